The van der Waals surface area contributed by atoms with Crippen LogP contribution in [0.2, 0.25) is 0 Å². The summed E-state index contributed by atoms with van der Waals surface area (Å²) in [6, 6.07) is 6.87. The van der Waals surface area contributed by atoms with Gasteiger partial charge in [-0.2, -0.15) is 0 Å². The van der Waals surface area contributed by atoms with E-state index in [-0.39, 0.29) is 18.3 Å². The van der Waals surface area contributed by atoms with Gasteiger partial charge in [0.15, 0.2) is 0 Å². The van der Waals surface area contributed by atoms with E-state index in [0.717, 1.165) is 5.56 Å². The van der Waals surface area contributed by atoms with Gasteiger partial charge in [0.05, 0.1) is 25.9 Å². The van der Waals surface area contributed by atoms with E-state index in [4.69, 9.17) is 24.3 Å². The number of hydrogen-bond donors (Lipinski definition) is 2. The average molecular weight is 365 g/mol. The molecule has 0 aliphatic carbocycles. The van der Waals surface area contributed by atoms with Crippen LogP contribution in [0.25, 0.3) is 0 Å². The molecule has 1 aromatic rings. The number of carbonyl (C=O) groups is 1. The summed E-state index contributed by atoms with van der Waals surface area (Å²) in [5.74, 6) is 0. The third kappa shape index (κ3) is 6.28. The van der Waals surface area contributed by atoms with Crippen LogP contribution in [-0.4, -0.2) is 65.7 Å². The topological polar surface area (TPSA) is 88.5 Å². The molecule has 1 aliphatic rings. The molecule has 0 aromatic heterocycles. The van der Waals surface area contributed by atoms with Crippen LogP contribution >= 0.6 is 0 Å². The predicted octanol–water partition coefficient (Wildman–Crippen LogP) is 0.907. The Morgan fingerprint density at radius 2 is 2.00 bits per heavy atom. The number of hydrogen-bond acceptors (Lipinski definition) is 6. The van der Waals surface area contributed by atoms with Gasteiger partial charge in [-0.1, -0.05) is 24.3 Å². The normalized spacial score (nSPS) is 19.2. The summed E-state index contributed by atoms with van der Waals surface area (Å²) >= 11 is 0. The Hall–Kier alpha value is -1.61. The van der Waals surface area contributed by atoms with Gasteiger partial charge in [0.2, 0.25) is 0 Å². The van der Waals surface area contributed by atoms with Crippen molar-refractivity contribution in [3.8, 4) is 0 Å². The van der Waals surface area contributed by atoms with Crippen molar-refractivity contribution < 1.29 is 29.1 Å². The molecule has 0 radical (unpaired) electrons. The van der Waals surface area contributed by atoms with Crippen molar-refractivity contribution in [3.05, 3.63) is 29.8 Å². The van der Waals surface area contributed by atoms with E-state index in [0.29, 0.717) is 31.8 Å². The fraction of sp³-hybridized carbons (Fsp3) is 0.611. The third-order valence-electron chi connectivity index (χ3n) is 4.06. The minimum absolute atomic E-state index is 0.205. The molecule has 2 rings (SSSR count). The summed E-state index contributed by atoms with van der Waals surface area (Å²) < 4.78 is 17.0. The molecule has 1 amide bonds. The monoisotopic (exact) mass is 365 g/mol. The minimum Gasteiger partial charge on any atom is -0.444 e. The highest BCUT2D eigenvalue weighted by Crippen LogP contribution is 2.16. The summed E-state index contributed by atoms with van der Waals surface area (Å²) in [5, 5.41) is 18.2. The Balaban J connectivity index is 1.84. The van der Waals surface area contributed by atoms with Gasteiger partial charge in [-0.25, -0.2) is 4.79 Å². The van der Waals surface area contributed by atoms with Crippen molar-refractivity contribution >= 4 is 18.7 Å². The summed E-state index contributed by atoms with van der Waals surface area (Å²) in [5.41, 5.74) is 0.827. The van der Waals surface area contributed by atoms with Gasteiger partial charge in [0.1, 0.15) is 11.7 Å². The van der Waals surface area contributed by atoms with Crippen molar-refractivity contribution in [1.82, 2.24) is 4.90 Å². The molecule has 0 spiro atoms. The molecule has 7 nitrogen and oxygen atoms in total. The van der Waals surface area contributed by atoms with Gasteiger partial charge in [0, 0.05) is 6.54 Å². The Kier molecular flexibility index (Phi) is 7.05. The lowest BCUT2D eigenvalue weighted by Gasteiger charge is -2.36. The molecule has 2 N–H and O–H groups in total. The van der Waals surface area contributed by atoms with Crippen LogP contribution in [0.4, 0.5) is 4.79 Å². The second-order valence-corrected chi connectivity index (χ2v) is 7.47. The van der Waals surface area contributed by atoms with Crippen molar-refractivity contribution in [2.45, 2.75) is 52.1 Å². The van der Waals surface area contributed by atoms with Crippen molar-refractivity contribution in [3.63, 3.8) is 0 Å². The van der Waals surface area contributed by atoms with Crippen molar-refractivity contribution in [2.24, 2.45) is 0 Å². The molecule has 2 atom stereocenters. The summed E-state index contributed by atoms with van der Waals surface area (Å²) in [4.78, 5) is 13.9. The van der Waals surface area contributed by atoms with E-state index in [9.17, 15) is 4.79 Å². The number of morpholine rings is 1. The molecule has 1 aliphatic heterocycles. The third-order valence-corrected chi connectivity index (χ3v) is 4.06. The van der Waals surface area contributed by atoms with Crippen molar-refractivity contribution in [1.29, 1.82) is 0 Å². The van der Waals surface area contributed by atoms with E-state index in [1.807, 2.05) is 27.7 Å². The lowest BCUT2D eigenvalue weighted by atomic mass is 9.80. The van der Waals surface area contributed by atoms with E-state index >= 15 is 0 Å². The Labute approximate surface area is 155 Å². The fourth-order valence-electron chi connectivity index (χ4n) is 2.57. The number of ether oxygens (including phenoxy) is 3. The van der Waals surface area contributed by atoms with Crippen LogP contribution in [0.1, 0.15) is 33.3 Å². The average Bonchev–Trinajstić information content (AvgIpc) is 2.58. The standard InChI is InChI=1S/C18H28BNO6/c1-13(25-12-14-5-7-15(8-6-14)19(22)23)16-11-20(9-10-24-16)17(21)26-18(2,3)4/h5-8,13,16,22-23H,9-12H2,1-4H3. The van der Waals surface area contributed by atoms with E-state index in [2.05, 4.69) is 0 Å². The molecular weight excluding hydrogens is 337 g/mol. The van der Waals surface area contributed by atoms with Gasteiger partial charge in [-0.15, -0.1) is 0 Å². The molecule has 1 heterocycles. The smallest absolute Gasteiger partial charge is 0.444 e. The van der Waals surface area contributed by atoms with Gasteiger partial charge in [-0.05, 0) is 38.7 Å². The maximum absolute atomic E-state index is 12.2. The number of nitrogens with zero attached hydrogens (tertiary/aromatic N) is 1. The van der Waals surface area contributed by atoms with Gasteiger partial charge >= 0.3 is 13.2 Å². The first kappa shape index (κ1) is 20.7. The quantitative estimate of drug-likeness (QED) is 0.754. The molecule has 1 aromatic carbocycles. The van der Waals surface area contributed by atoms with Crippen LogP contribution in [0, 0.1) is 0 Å². The van der Waals surface area contributed by atoms with E-state index < -0.39 is 12.7 Å². The zero-order valence-electron chi connectivity index (χ0n) is 15.8. The first-order valence-electron chi connectivity index (χ1n) is 8.82. The Bertz CT molecular complexity index is 586. The van der Waals surface area contributed by atoms with E-state index in [1.54, 1.807) is 29.2 Å². The van der Waals surface area contributed by atoms with Crippen LogP contribution < -0.4 is 5.46 Å². The largest absolute Gasteiger partial charge is 0.488 e. The van der Waals surface area contributed by atoms with Gasteiger partial charge in [0.25, 0.3) is 0 Å². The summed E-state index contributed by atoms with van der Waals surface area (Å²) in [7, 11) is -1.47. The zero-order valence-corrected chi connectivity index (χ0v) is 15.8. The summed E-state index contributed by atoms with van der Waals surface area (Å²) in [6.07, 6.45) is -0.769. The number of rotatable bonds is 5. The van der Waals surface area contributed by atoms with Crippen LogP contribution in [-0.2, 0) is 20.8 Å². The molecular formula is C18H28BNO6. The first-order chi connectivity index (χ1) is 12.2. The maximum atomic E-state index is 12.2. The first-order valence-corrected chi connectivity index (χ1v) is 8.82. The van der Waals surface area contributed by atoms with Crippen LogP contribution in [0.15, 0.2) is 24.3 Å². The summed E-state index contributed by atoms with van der Waals surface area (Å²) in [6.45, 7) is 9.18. The fourth-order valence-corrected chi connectivity index (χ4v) is 2.57. The molecule has 1 fully saturated rings. The highest BCUT2D eigenvalue weighted by molar-refractivity contribution is 6.58. The number of carbonyl (C=O) groups excluding carboxylic acids is 1. The molecule has 2 unspecified atom stereocenters. The highest BCUT2D eigenvalue weighted by atomic mass is 16.6. The Morgan fingerprint density at radius 1 is 1.35 bits per heavy atom. The molecule has 26 heavy (non-hydrogen) atoms. The maximum Gasteiger partial charge on any atom is 0.488 e. The molecule has 0 saturated carbocycles. The van der Waals surface area contributed by atoms with Gasteiger partial charge < -0.3 is 29.2 Å². The molecule has 8 heteroatoms. The lowest BCUT2D eigenvalue weighted by Crippen LogP contribution is -2.51. The lowest BCUT2D eigenvalue weighted by molar-refractivity contribution is -0.108. The van der Waals surface area contributed by atoms with Crippen molar-refractivity contribution in [2.75, 3.05) is 19.7 Å². The number of benzene rings is 1. The predicted molar refractivity (Wildman–Crippen MR) is 98.1 cm³/mol. The SMILES string of the molecule is CC(OCc1ccc(B(O)O)cc1)C1CN(C(=O)OC(C)(C)C)CCO1. The molecule has 0 bridgehead atoms. The zero-order chi connectivity index (χ0) is 19.3. The van der Waals surface area contributed by atoms with Crippen LogP contribution in [0.3, 0.4) is 0 Å². The molecule has 1 saturated heterocycles. The van der Waals surface area contributed by atoms with E-state index in [1.165, 1.54) is 0 Å². The second kappa shape index (κ2) is 8.86. The number of amides is 1. The van der Waals surface area contributed by atoms with Gasteiger partial charge in [-0.3, -0.25) is 0 Å². The Morgan fingerprint density at radius 3 is 2.58 bits per heavy atom. The molecule has 144 valence electrons. The highest BCUT2D eigenvalue weighted by Gasteiger charge is 2.31. The minimum atomic E-state index is -1.47. The second-order valence-electron chi connectivity index (χ2n) is 7.47. The van der Waals surface area contributed by atoms with Crippen LogP contribution in [0.5, 0.6) is 0 Å².